The van der Waals surface area contributed by atoms with Crippen LogP contribution in [0, 0.1) is 9.49 Å². The smallest absolute Gasteiger partial charge is 0.324 e. The van der Waals surface area contributed by atoms with E-state index in [1.54, 1.807) is 6.07 Å². The molecule has 1 aromatic rings. The summed E-state index contributed by atoms with van der Waals surface area (Å²) >= 11 is 2.16. The van der Waals surface area contributed by atoms with Crippen molar-refractivity contribution in [1.82, 2.24) is 10.2 Å². The molecule has 0 radical (unpaired) electrons. The zero-order valence-corrected chi connectivity index (χ0v) is 16.3. The molecule has 3 rings (SSSR count). The summed E-state index contributed by atoms with van der Waals surface area (Å²) in [7, 11) is 0. The van der Waals surface area contributed by atoms with Gasteiger partial charge in [0.05, 0.1) is 0 Å². The molecule has 0 unspecified atom stereocenters. The van der Waals surface area contributed by atoms with Crippen LogP contribution in [0.4, 0.5) is 10.5 Å². The topological polar surface area (TPSA) is 78.5 Å². The number of carbonyl (C=O) groups excluding carboxylic acids is 3. The van der Waals surface area contributed by atoms with Crippen molar-refractivity contribution in [2.45, 2.75) is 44.6 Å². The van der Waals surface area contributed by atoms with E-state index < -0.39 is 11.6 Å². The number of rotatable bonds is 4. The normalized spacial score (nSPS) is 26.0. The maximum atomic E-state index is 12.8. The van der Waals surface area contributed by atoms with Crippen molar-refractivity contribution in [3.63, 3.8) is 0 Å². The van der Waals surface area contributed by atoms with Gasteiger partial charge in [0.1, 0.15) is 12.1 Å². The first-order valence-electron chi connectivity index (χ1n) is 8.63. The monoisotopic (exact) mass is 455 g/mol. The molecule has 1 heterocycles. The zero-order chi connectivity index (χ0) is 18.0. The molecule has 134 valence electrons. The van der Waals surface area contributed by atoms with Gasteiger partial charge in [0.25, 0.3) is 5.91 Å². The first-order valence-corrected chi connectivity index (χ1v) is 9.71. The minimum absolute atomic E-state index is 0.255. The van der Waals surface area contributed by atoms with Crippen LogP contribution in [-0.4, -0.2) is 34.8 Å². The Bertz CT molecular complexity index is 699. The number of hydrogen-bond acceptors (Lipinski definition) is 3. The number of anilines is 1. The van der Waals surface area contributed by atoms with E-state index in [4.69, 9.17) is 0 Å². The predicted molar refractivity (Wildman–Crippen MR) is 103 cm³/mol. The molecule has 25 heavy (non-hydrogen) atoms. The van der Waals surface area contributed by atoms with Crippen molar-refractivity contribution in [2.75, 3.05) is 11.9 Å². The third kappa shape index (κ3) is 3.80. The maximum absolute atomic E-state index is 12.8. The highest BCUT2D eigenvalue weighted by molar-refractivity contribution is 14.1. The van der Waals surface area contributed by atoms with Crippen molar-refractivity contribution < 1.29 is 14.4 Å². The van der Waals surface area contributed by atoms with Gasteiger partial charge in [-0.25, -0.2) is 4.79 Å². The molecule has 0 atom stereocenters. The Morgan fingerprint density at radius 3 is 2.72 bits per heavy atom. The number of imide groups is 1. The standard InChI is InChI=1S/C18H22IN3O3/c1-2-12-6-8-18(9-7-12)16(24)22(17(25)21-18)11-15(23)20-14-5-3-4-13(19)10-14/h3-5,10,12H,2,6-9,11H2,1H3,(H,20,23)(H,21,25). The predicted octanol–water partition coefficient (Wildman–Crippen LogP) is 3.12. The third-order valence-corrected chi connectivity index (χ3v) is 5.86. The van der Waals surface area contributed by atoms with Gasteiger partial charge >= 0.3 is 6.03 Å². The van der Waals surface area contributed by atoms with Gasteiger partial charge in [-0.2, -0.15) is 0 Å². The average molecular weight is 455 g/mol. The molecule has 7 heteroatoms. The zero-order valence-electron chi connectivity index (χ0n) is 14.2. The lowest BCUT2D eigenvalue weighted by molar-refractivity contribution is -0.135. The number of nitrogens with one attached hydrogen (secondary N) is 2. The van der Waals surface area contributed by atoms with Crippen LogP contribution in [0.2, 0.25) is 0 Å². The molecule has 1 aromatic carbocycles. The lowest BCUT2D eigenvalue weighted by Gasteiger charge is -2.34. The lowest BCUT2D eigenvalue weighted by Crippen LogP contribution is -2.49. The van der Waals surface area contributed by atoms with E-state index in [9.17, 15) is 14.4 Å². The van der Waals surface area contributed by atoms with Gasteiger partial charge in [-0.05, 0) is 72.4 Å². The summed E-state index contributed by atoms with van der Waals surface area (Å²) in [4.78, 5) is 38.4. The molecular formula is C18H22IN3O3. The minimum atomic E-state index is -0.800. The number of amides is 4. The minimum Gasteiger partial charge on any atom is -0.324 e. The van der Waals surface area contributed by atoms with Gasteiger partial charge in [0.15, 0.2) is 0 Å². The maximum Gasteiger partial charge on any atom is 0.325 e. The number of carbonyl (C=O) groups is 3. The second-order valence-corrected chi connectivity index (χ2v) is 8.06. The molecular weight excluding hydrogens is 433 g/mol. The van der Waals surface area contributed by atoms with Crippen LogP contribution in [0.25, 0.3) is 0 Å². The van der Waals surface area contributed by atoms with E-state index >= 15 is 0 Å². The van der Waals surface area contributed by atoms with Crippen LogP contribution in [0.1, 0.15) is 39.0 Å². The third-order valence-electron chi connectivity index (χ3n) is 5.19. The largest absolute Gasteiger partial charge is 0.325 e. The molecule has 1 saturated carbocycles. The van der Waals surface area contributed by atoms with Crippen LogP contribution >= 0.6 is 22.6 Å². The Balaban J connectivity index is 1.64. The van der Waals surface area contributed by atoms with Crippen LogP contribution in [0.5, 0.6) is 0 Å². The summed E-state index contributed by atoms with van der Waals surface area (Å²) < 4.78 is 0.997. The Hall–Kier alpha value is -1.64. The number of halogens is 1. The first kappa shape index (κ1) is 18.2. The summed E-state index contributed by atoms with van der Waals surface area (Å²) in [6.45, 7) is 1.90. The molecule has 0 aromatic heterocycles. The van der Waals surface area contributed by atoms with Gasteiger partial charge < -0.3 is 10.6 Å². The second kappa shape index (κ2) is 7.31. The highest BCUT2D eigenvalue weighted by Crippen LogP contribution is 2.37. The Morgan fingerprint density at radius 1 is 1.36 bits per heavy atom. The van der Waals surface area contributed by atoms with E-state index in [0.29, 0.717) is 24.4 Å². The summed E-state index contributed by atoms with van der Waals surface area (Å²) in [6.07, 6.45) is 4.28. The Morgan fingerprint density at radius 2 is 2.08 bits per heavy atom. The molecule has 2 N–H and O–H groups in total. The van der Waals surface area contributed by atoms with Crippen molar-refractivity contribution in [1.29, 1.82) is 0 Å². The Kier molecular flexibility index (Phi) is 5.31. The van der Waals surface area contributed by atoms with E-state index in [0.717, 1.165) is 27.7 Å². The number of urea groups is 1. The molecule has 2 fully saturated rings. The van der Waals surface area contributed by atoms with Gasteiger partial charge in [-0.1, -0.05) is 19.4 Å². The van der Waals surface area contributed by atoms with Gasteiger partial charge in [-0.3, -0.25) is 14.5 Å². The van der Waals surface area contributed by atoms with Crippen LogP contribution in [0.3, 0.4) is 0 Å². The van der Waals surface area contributed by atoms with E-state index in [2.05, 4.69) is 40.1 Å². The quantitative estimate of drug-likeness (QED) is 0.541. The fraction of sp³-hybridized carbons (Fsp3) is 0.500. The second-order valence-electron chi connectivity index (χ2n) is 6.81. The molecule has 1 spiro atoms. The molecule has 2 aliphatic rings. The first-order chi connectivity index (χ1) is 11.9. The van der Waals surface area contributed by atoms with Gasteiger partial charge in [-0.15, -0.1) is 0 Å². The van der Waals surface area contributed by atoms with Crippen molar-refractivity contribution >= 4 is 46.1 Å². The summed E-state index contributed by atoms with van der Waals surface area (Å²) in [6, 6.07) is 6.91. The molecule has 4 amide bonds. The summed E-state index contributed by atoms with van der Waals surface area (Å²) in [5, 5.41) is 5.59. The highest BCUT2D eigenvalue weighted by atomic mass is 127. The van der Waals surface area contributed by atoms with Gasteiger partial charge in [0, 0.05) is 9.26 Å². The van der Waals surface area contributed by atoms with E-state index in [-0.39, 0.29) is 18.4 Å². The number of benzene rings is 1. The summed E-state index contributed by atoms with van der Waals surface area (Å²) in [5.74, 6) is -0.0112. The van der Waals surface area contributed by atoms with Crippen LogP contribution in [0.15, 0.2) is 24.3 Å². The van der Waals surface area contributed by atoms with Crippen molar-refractivity contribution in [2.24, 2.45) is 5.92 Å². The molecule has 6 nitrogen and oxygen atoms in total. The van der Waals surface area contributed by atoms with Gasteiger partial charge in [0.2, 0.25) is 5.91 Å². The lowest BCUT2D eigenvalue weighted by atomic mass is 9.75. The fourth-order valence-corrected chi connectivity index (χ4v) is 4.19. The van der Waals surface area contributed by atoms with Crippen molar-refractivity contribution in [3.05, 3.63) is 27.8 Å². The average Bonchev–Trinajstić information content (AvgIpc) is 2.80. The molecule has 1 saturated heterocycles. The summed E-state index contributed by atoms with van der Waals surface area (Å²) in [5.41, 5.74) is -0.146. The van der Waals surface area contributed by atoms with E-state index in [1.807, 2.05) is 18.2 Å². The van der Waals surface area contributed by atoms with E-state index in [1.165, 1.54) is 0 Å². The van der Waals surface area contributed by atoms with Crippen LogP contribution < -0.4 is 10.6 Å². The SMILES string of the molecule is CCC1CCC2(CC1)NC(=O)N(CC(=O)Nc1cccc(I)c1)C2=O. The molecule has 1 aliphatic heterocycles. The molecule has 0 bridgehead atoms. The highest BCUT2D eigenvalue weighted by Gasteiger charge is 2.52. The van der Waals surface area contributed by atoms with Crippen LogP contribution in [-0.2, 0) is 9.59 Å². The number of hydrogen-bond donors (Lipinski definition) is 2. The van der Waals surface area contributed by atoms with Crippen molar-refractivity contribution in [3.8, 4) is 0 Å². The number of nitrogens with zero attached hydrogens (tertiary/aromatic N) is 1. The fourth-order valence-electron chi connectivity index (χ4n) is 3.65. The molecule has 1 aliphatic carbocycles. The Labute approximate surface area is 160 Å².